The Hall–Kier alpha value is -1.75. The molecule has 1 aromatic rings. The van der Waals surface area contributed by atoms with E-state index in [0.717, 1.165) is 6.54 Å². The second-order valence-corrected chi connectivity index (χ2v) is 5.46. The van der Waals surface area contributed by atoms with Crippen molar-refractivity contribution in [1.82, 2.24) is 4.90 Å². The van der Waals surface area contributed by atoms with E-state index in [1.807, 2.05) is 0 Å². The molecular weight excluding hydrogens is 242 g/mol. The molecule has 4 N–H and O–H groups in total. The molecule has 5 nitrogen and oxygen atoms in total. The van der Waals surface area contributed by atoms with Crippen LogP contribution in [0.2, 0.25) is 0 Å². The summed E-state index contributed by atoms with van der Waals surface area (Å²) in [5.41, 5.74) is 7.28. The number of nitrogens with zero attached hydrogens (tertiary/aromatic N) is 1. The average Bonchev–Trinajstić information content (AvgIpc) is 2.42. The van der Waals surface area contributed by atoms with Gasteiger partial charge in [-0.25, -0.2) is 4.79 Å². The standard InChI is InChI=1S/C14H19N3O2/c15-11-3-1-2-10(14(18)19)13(11)16-12-8-17-6-4-9(12)5-7-17/h1-3,9,12,16H,4-8,15H2,(H,18,19). The highest BCUT2D eigenvalue weighted by Gasteiger charge is 2.34. The number of nitrogen functional groups attached to an aromatic ring is 1. The van der Waals surface area contributed by atoms with E-state index in [2.05, 4.69) is 10.2 Å². The number of nitrogens with two attached hydrogens (primary N) is 1. The summed E-state index contributed by atoms with van der Waals surface area (Å²) < 4.78 is 0. The number of aromatic carboxylic acids is 1. The van der Waals surface area contributed by atoms with Gasteiger partial charge in [0.25, 0.3) is 0 Å². The Kier molecular flexibility index (Phi) is 3.06. The molecule has 1 aromatic carbocycles. The molecular formula is C14H19N3O2. The molecule has 0 aromatic heterocycles. The van der Waals surface area contributed by atoms with Gasteiger partial charge in [0.15, 0.2) is 0 Å². The largest absolute Gasteiger partial charge is 0.478 e. The molecule has 3 aliphatic rings. The van der Waals surface area contributed by atoms with Crippen LogP contribution in [0.4, 0.5) is 11.4 Å². The zero-order valence-electron chi connectivity index (χ0n) is 10.8. The minimum Gasteiger partial charge on any atom is -0.478 e. The summed E-state index contributed by atoms with van der Waals surface area (Å²) in [4.78, 5) is 13.7. The smallest absolute Gasteiger partial charge is 0.337 e. The van der Waals surface area contributed by atoms with Crippen LogP contribution in [0, 0.1) is 5.92 Å². The van der Waals surface area contributed by atoms with Gasteiger partial charge in [0.2, 0.25) is 0 Å². The van der Waals surface area contributed by atoms with E-state index >= 15 is 0 Å². The van der Waals surface area contributed by atoms with E-state index in [-0.39, 0.29) is 5.56 Å². The monoisotopic (exact) mass is 261 g/mol. The van der Waals surface area contributed by atoms with Crippen molar-refractivity contribution in [3.63, 3.8) is 0 Å². The van der Waals surface area contributed by atoms with Crippen molar-refractivity contribution in [2.75, 3.05) is 30.7 Å². The van der Waals surface area contributed by atoms with Crippen molar-refractivity contribution in [2.45, 2.75) is 18.9 Å². The normalized spacial score (nSPS) is 29.2. The van der Waals surface area contributed by atoms with Crippen molar-refractivity contribution in [2.24, 2.45) is 5.92 Å². The van der Waals surface area contributed by atoms with Gasteiger partial charge in [0.1, 0.15) is 0 Å². The van der Waals surface area contributed by atoms with Crippen molar-refractivity contribution in [1.29, 1.82) is 0 Å². The lowest BCUT2D eigenvalue weighted by molar-refractivity contribution is 0.0697. The van der Waals surface area contributed by atoms with Crippen LogP contribution in [-0.2, 0) is 0 Å². The number of hydrogen-bond acceptors (Lipinski definition) is 4. The Morgan fingerprint density at radius 2 is 2.11 bits per heavy atom. The van der Waals surface area contributed by atoms with Gasteiger partial charge in [0, 0.05) is 12.6 Å². The van der Waals surface area contributed by atoms with E-state index < -0.39 is 5.97 Å². The van der Waals surface area contributed by atoms with Gasteiger partial charge < -0.3 is 21.1 Å². The summed E-state index contributed by atoms with van der Waals surface area (Å²) in [5.74, 6) is -0.303. The topological polar surface area (TPSA) is 78.6 Å². The Balaban J connectivity index is 1.85. The molecule has 0 aliphatic carbocycles. The van der Waals surface area contributed by atoms with Crippen molar-refractivity contribution in [3.05, 3.63) is 23.8 Å². The van der Waals surface area contributed by atoms with Gasteiger partial charge in [0.05, 0.1) is 16.9 Å². The van der Waals surface area contributed by atoms with Gasteiger partial charge in [-0.15, -0.1) is 0 Å². The maximum Gasteiger partial charge on any atom is 0.337 e. The first-order valence-electron chi connectivity index (χ1n) is 6.76. The number of rotatable bonds is 3. The minimum atomic E-state index is -0.934. The van der Waals surface area contributed by atoms with E-state index in [0.29, 0.717) is 23.3 Å². The predicted molar refractivity (Wildman–Crippen MR) is 74.4 cm³/mol. The Morgan fingerprint density at radius 3 is 2.68 bits per heavy atom. The van der Waals surface area contributed by atoms with Crippen molar-refractivity contribution in [3.8, 4) is 0 Å². The third-order valence-electron chi connectivity index (χ3n) is 4.31. The molecule has 0 radical (unpaired) electrons. The van der Waals surface area contributed by atoms with Crippen LogP contribution in [0.25, 0.3) is 0 Å². The molecule has 3 aliphatic heterocycles. The van der Waals surface area contributed by atoms with Gasteiger partial charge in [-0.05, 0) is 44.0 Å². The molecule has 3 fully saturated rings. The van der Waals surface area contributed by atoms with Crippen LogP contribution >= 0.6 is 0 Å². The molecule has 0 saturated carbocycles. The van der Waals surface area contributed by atoms with Crippen LogP contribution in [-0.4, -0.2) is 41.7 Å². The number of benzene rings is 1. The molecule has 5 heteroatoms. The molecule has 2 bridgehead atoms. The Morgan fingerprint density at radius 1 is 1.37 bits per heavy atom. The molecule has 1 atom stereocenters. The molecule has 3 saturated heterocycles. The SMILES string of the molecule is Nc1cccc(C(=O)O)c1NC1CN2CCC1CC2. The molecule has 102 valence electrons. The second kappa shape index (κ2) is 4.74. The van der Waals surface area contributed by atoms with E-state index in [1.165, 1.54) is 25.9 Å². The lowest BCUT2D eigenvalue weighted by Crippen LogP contribution is -2.53. The number of nitrogens with one attached hydrogen (secondary N) is 1. The zero-order valence-corrected chi connectivity index (χ0v) is 10.8. The number of hydrogen-bond donors (Lipinski definition) is 3. The Labute approximate surface area is 112 Å². The van der Waals surface area contributed by atoms with Gasteiger partial charge in [-0.1, -0.05) is 6.07 Å². The van der Waals surface area contributed by atoms with Gasteiger partial charge in [-0.2, -0.15) is 0 Å². The Bertz CT molecular complexity index is 495. The number of fused-ring (bicyclic) bond motifs is 3. The molecule has 1 unspecified atom stereocenters. The molecule has 0 amide bonds. The number of carboxylic acids is 1. The predicted octanol–water partition coefficient (Wildman–Crippen LogP) is 1.47. The van der Waals surface area contributed by atoms with Gasteiger partial charge >= 0.3 is 5.97 Å². The highest BCUT2D eigenvalue weighted by Crippen LogP contribution is 2.32. The average molecular weight is 261 g/mol. The first-order chi connectivity index (χ1) is 9.15. The molecule has 0 spiro atoms. The minimum absolute atomic E-state index is 0.261. The summed E-state index contributed by atoms with van der Waals surface area (Å²) in [6, 6.07) is 5.34. The number of para-hydroxylation sites is 1. The maximum atomic E-state index is 11.3. The summed E-state index contributed by atoms with van der Waals surface area (Å²) in [6.07, 6.45) is 2.37. The summed E-state index contributed by atoms with van der Waals surface area (Å²) in [5, 5.41) is 12.6. The van der Waals surface area contributed by atoms with Crippen molar-refractivity contribution >= 4 is 17.3 Å². The third-order valence-corrected chi connectivity index (χ3v) is 4.31. The van der Waals surface area contributed by atoms with Crippen molar-refractivity contribution < 1.29 is 9.90 Å². The zero-order chi connectivity index (χ0) is 13.4. The van der Waals surface area contributed by atoms with E-state index in [4.69, 9.17) is 5.73 Å². The maximum absolute atomic E-state index is 11.3. The first-order valence-corrected chi connectivity index (χ1v) is 6.76. The molecule has 19 heavy (non-hydrogen) atoms. The third kappa shape index (κ3) is 2.26. The number of carbonyl (C=O) groups is 1. The van der Waals surface area contributed by atoms with Crippen LogP contribution in [0.15, 0.2) is 18.2 Å². The highest BCUT2D eigenvalue weighted by atomic mass is 16.4. The summed E-state index contributed by atoms with van der Waals surface area (Å²) in [7, 11) is 0. The first kappa shape index (κ1) is 12.3. The number of anilines is 2. The lowest BCUT2D eigenvalue weighted by Gasteiger charge is -2.45. The van der Waals surface area contributed by atoms with Crippen LogP contribution in [0.5, 0.6) is 0 Å². The van der Waals surface area contributed by atoms with Crippen LogP contribution < -0.4 is 11.1 Å². The van der Waals surface area contributed by atoms with Crippen LogP contribution in [0.1, 0.15) is 23.2 Å². The summed E-state index contributed by atoms with van der Waals surface area (Å²) in [6.45, 7) is 3.32. The van der Waals surface area contributed by atoms with Gasteiger partial charge in [-0.3, -0.25) is 0 Å². The highest BCUT2D eigenvalue weighted by molar-refractivity contribution is 5.97. The molecule has 4 rings (SSSR count). The molecule has 3 heterocycles. The summed E-state index contributed by atoms with van der Waals surface area (Å²) >= 11 is 0. The lowest BCUT2D eigenvalue weighted by atomic mass is 9.84. The van der Waals surface area contributed by atoms with E-state index in [1.54, 1.807) is 18.2 Å². The quantitative estimate of drug-likeness (QED) is 0.718. The fourth-order valence-electron chi connectivity index (χ4n) is 3.22. The second-order valence-electron chi connectivity index (χ2n) is 5.46. The fourth-order valence-corrected chi connectivity index (χ4v) is 3.22. The number of carboxylic acid groups (broad SMARTS) is 1. The van der Waals surface area contributed by atoms with Crippen LogP contribution in [0.3, 0.4) is 0 Å². The number of piperidine rings is 3. The fraction of sp³-hybridized carbons (Fsp3) is 0.500. The van der Waals surface area contributed by atoms with E-state index in [9.17, 15) is 9.90 Å².